The molecule has 1 aromatic rings. The Bertz CT molecular complexity index is 502. The average Bonchev–Trinajstić information content (AvgIpc) is 2.78. The van der Waals surface area contributed by atoms with Gasteiger partial charge >= 0.3 is 11.6 Å². The average molecular weight is 253 g/mol. The fourth-order valence-electron chi connectivity index (χ4n) is 1.68. The molecule has 0 aromatic carbocycles. The van der Waals surface area contributed by atoms with Gasteiger partial charge in [-0.1, -0.05) is 0 Å². The molecule has 1 aromatic heterocycles. The van der Waals surface area contributed by atoms with Crippen LogP contribution in [0.15, 0.2) is 27.6 Å². The van der Waals surface area contributed by atoms with Crippen molar-refractivity contribution in [3.63, 3.8) is 0 Å². The lowest BCUT2D eigenvalue weighted by atomic mass is 10.0. The summed E-state index contributed by atoms with van der Waals surface area (Å²) in [5, 5.41) is 11.5. The lowest BCUT2D eigenvalue weighted by Gasteiger charge is -2.15. The van der Waals surface area contributed by atoms with Crippen LogP contribution < -0.4 is 10.9 Å². The minimum Gasteiger partial charge on any atom is -0.481 e. The Morgan fingerprint density at radius 2 is 2.11 bits per heavy atom. The number of carbonyl (C=O) groups excluding carboxylic acids is 1. The second kappa shape index (κ2) is 5.01. The highest BCUT2D eigenvalue weighted by Crippen LogP contribution is 2.14. The van der Waals surface area contributed by atoms with Crippen molar-refractivity contribution in [3.8, 4) is 0 Å². The number of carboxylic acids is 1. The fraction of sp³-hybridized carbons (Fsp3) is 0.364. The van der Waals surface area contributed by atoms with Crippen LogP contribution in [0, 0.1) is 5.92 Å². The van der Waals surface area contributed by atoms with Crippen LogP contribution in [0.3, 0.4) is 0 Å². The first-order valence-electron chi connectivity index (χ1n) is 5.28. The van der Waals surface area contributed by atoms with E-state index < -0.39 is 29.5 Å². The SMILES string of the molecule is O=C(NC1COCC1C(=O)O)c1ccc(=O)oc1. The zero-order valence-electron chi connectivity index (χ0n) is 9.29. The molecule has 7 nitrogen and oxygen atoms in total. The van der Waals surface area contributed by atoms with E-state index in [4.69, 9.17) is 9.84 Å². The van der Waals surface area contributed by atoms with Gasteiger partial charge < -0.3 is 19.6 Å². The molecule has 2 N–H and O–H groups in total. The molecule has 1 aliphatic heterocycles. The monoisotopic (exact) mass is 253 g/mol. The van der Waals surface area contributed by atoms with Crippen LogP contribution in [0.1, 0.15) is 10.4 Å². The molecule has 96 valence electrons. The van der Waals surface area contributed by atoms with Gasteiger partial charge in [-0.15, -0.1) is 0 Å². The summed E-state index contributed by atoms with van der Waals surface area (Å²) in [6.07, 6.45) is 1.03. The minimum atomic E-state index is -1.02. The van der Waals surface area contributed by atoms with Gasteiger partial charge in [0.15, 0.2) is 0 Å². The molecule has 0 radical (unpaired) electrons. The maximum absolute atomic E-state index is 11.8. The van der Waals surface area contributed by atoms with E-state index in [2.05, 4.69) is 9.73 Å². The number of amides is 1. The van der Waals surface area contributed by atoms with Crippen LogP contribution in [0.4, 0.5) is 0 Å². The van der Waals surface area contributed by atoms with Crippen molar-refractivity contribution in [1.29, 1.82) is 0 Å². The first-order valence-corrected chi connectivity index (χ1v) is 5.28. The largest absolute Gasteiger partial charge is 0.481 e. The number of hydrogen-bond acceptors (Lipinski definition) is 5. The van der Waals surface area contributed by atoms with Crippen LogP contribution in [0.5, 0.6) is 0 Å². The van der Waals surface area contributed by atoms with Crippen molar-refractivity contribution in [2.24, 2.45) is 5.92 Å². The van der Waals surface area contributed by atoms with E-state index in [1.165, 1.54) is 6.07 Å². The van der Waals surface area contributed by atoms with Crippen molar-refractivity contribution in [3.05, 3.63) is 34.4 Å². The number of carboxylic acid groups (broad SMARTS) is 1. The molecule has 7 heteroatoms. The van der Waals surface area contributed by atoms with Gasteiger partial charge in [0.25, 0.3) is 5.91 Å². The molecule has 0 bridgehead atoms. The van der Waals surface area contributed by atoms with Crippen molar-refractivity contribution >= 4 is 11.9 Å². The number of nitrogens with one attached hydrogen (secondary N) is 1. The Balaban J connectivity index is 2.05. The molecule has 18 heavy (non-hydrogen) atoms. The van der Waals surface area contributed by atoms with Crippen molar-refractivity contribution in [1.82, 2.24) is 5.32 Å². The highest BCUT2D eigenvalue weighted by atomic mass is 16.5. The summed E-state index contributed by atoms with van der Waals surface area (Å²) in [5.41, 5.74) is -0.398. The van der Waals surface area contributed by atoms with Gasteiger partial charge in [-0.25, -0.2) is 4.79 Å². The molecule has 1 aliphatic rings. The zero-order chi connectivity index (χ0) is 13.1. The maximum atomic E-state index is 11.8. The van der Waals surface area contributed by atoms with E-state index in [1.54, 1.807) is 0 Å². The molecule has 0 spiro atoms. The van der Waals surface area contributed by atoms with Gasteiger partial charge in [0, 0.05) is 6.07 Å². The Kier molecular flexibility index (Phi) is 3.42. The predicted molar refractivity (Wildman–Crippen MR) is 58.2 cm³/mol. The third-order valence-corrected chi connectivity index (χ3v) is 2.68. The van der Waals surface area contributed by atoms with Gasteiger partial charge in [0.2, 0.25) is 0 Å². The van der Waals surface area contributed by atoms with E-state index in [-0.39, 0.29) is 18.8 Å². The molecule has 0 saturated carbocycles. The first kappa shape index (κ1) is 12.3. The highest BCUT2D eigenvalue weighted by molar-refractivity contribution is 5.94. The summed E-state index contributed by atoms with van der Waals surface area (Å²) in [6.45, 7) is 0.226. The van der Waals surface area contributed by atoms with E-state index in [0.29, 0.717) is 0 Å². The first-order chi connectivity index (χ1) is 8.58. The molecule has 2 atom stereocenters. The third kappa shape index (κ3) is 2.57. The normalized spacial score (nSPS) is 22.7. The van der Waals surface area contributed by atoms with E-state index in [1.807, 2.05) is 0 Å². The lowest BCUT2D eigenvalue weighted by molar-refractivity contribution is -0.142. The molecular weight excluding hydrogens is 242 g/mol. The van der Waals surface area contributed by atoms with Crippen LogP contribution in [0.25, 0.3) is 0 Å². The quantitative estimate of drug-likeness (QED) is 0.750. The number of carbonyl (C=O) groups is 2. The van der Waals surface area contributed by atoms with Gasteiger partial charge in [-0.3, -0.25) is 9.59 Å². The summed E-state index contributed by atoms with van der Waals surface area (Å²) >= 11 is 0. The van der Waals surface area contributed by atoms with E-state index >= 15 is 0 Å². The third-order valence-electron chi connectivity index (χ3n) is 2.68. The van der Waals surface area contributed by atoms with Gasteiger partial charge in [0.05, 0.1) is 24.8 Å². The highest BCUT2D eigenvalue weighted by Gasteiger charge is 2.35. The molecule has 2 unspecified atom stereocenters. The predicted octanol–water partition coefficient (Wildman–Crippen LogP) is -0.531. The molecule has 1 fully saturated rings. The van der Waals surface area contributed by atoms with Crippen LogP contribution in [-0.2, 0) is 9.53 Å². The number of hydrogen-bond donors (Lipinski definition) is 2. The molecule has 2 rings (SSSR count). The van der Waals surface area contributed by atoms with Crippen molar-refractivity contribution in [2.75, 3.05) is 13.2 Å². The standard InChI is InChI=1S/C11H11NO6/c13-9-2-1-6(3-18-9)10(14)12-8-5-17-4-7(8)11(15)16/h1-3,7-8H,4-5H2,(H,12,14)(H,15,16). The Morgan fingerprint density at radius 1 is 1.33 bits per heavy atom. The van der Waals surface area contributed by atoms with Crippen LogP contribution >= 0.6 is 0 Å². The van der Waals surface area contributed by atoms with Crippen molar-refractivity contribution < 1.29 is 23.8 Å². The van der Waals surface area contributed by atoms with Crippen LogP contribution in [-0.4, -0.2) is 36.2 Å². The van der Waals surface area contributed by atoms with Gasteiger partial charge in [-0.05, 0) is 6.07 Å². The van der Waals surface area contributed by atoms with Crippen molar-refractivity contribution in [2.45, 2.75) is 6.04 Å². The summed E-state index contributed by atoms with van der Waals surface area (Å²) in [5.74, 6) is -2.28. The number of ether oxygens (including phenoxy) is 1. The molecular formula is C11H11NO6. The Labute approximate surface area is 101 Å². The Hall–Kier alpha value is -2.15. The van der Waals surface area contributed by atoms with Gasteiger partial charge in [0.1, 0.15) is 12.2 Å². The van der Waals surface area contributed by atoms with Crippen LogP contribution in [0.2, 0.25) is 0 Å². The molecule has 2 heterocycles. The molecule has 1 saturated heterocycles. The second-order valence-electron chi connectivity index (χ2n) is 3.91. The number of rotatable bonds is 3. The topological polar surface area (TPSA) is 106 Å². The fourth-order valence-corrected chi connectivity index (χ4v) is 1.68. The summed E-state index contributed by atoms with van der Waals surface area (Å²) in [4.78, 5) is 33.4. The second-order valence-corrected chi connectivity index (χ2v) is 3.91. The summed E-state index contributed by atoms with van der Waals surface area (Å²) in [6, 6.07) is 1.85. The van der Waals surface area contributed by atoms with E-state index in [9.17, 15) is 14.4 Å². The van der Waals surface area contributed by atoms with Gasteiger partial charge in [-0.2, -0.15) is 0 Å². The molecule has 1 amide bonds. The number of aliphatic carboxylic acids is 1. The Morgan fingerprint density at radius 3 is 2.72 bits per heavy atom. The summed E-state index contributed by atoms with van der Waals surface area (Å²) < 4.78 is 9.57. The van der Waals surface area contributed by atoms with E-state index in [0.717, 1.165) is 12.3 Å². The lowest BCUT2D eigenvalue weighted by Crippen LogP contribution is -2.42. The summed E-state index contributed by atoms with van der Waals surface area (Å²) in [7, 11) is 0. The molecule has 0 aliphatic carbocycles. The maximum Gasteiger partial charge on any atom is 0.335 e. The zero-order valence-corrected chi connectivity index (χ0v) is 9.29. The minimum absolute atomic E-state index is 0.0736. The smallest absolute Gasteiger partial charge is 0.335 e.